The zero-order chi connectivity index (χ0) is 24.2. The Balaban J connectivity index is 1.37. The molecule has 0 amide bonds. The lowest BCUT2D eigenvalue weighted by atomic mass is 10.1. The van der Waals surface area contributed by atoms with Gasteiger partial charge in [0.05, 0.1) is 6.54 Å². The molecule has 7 heteroatoms. The van der Waals surface area contributed by atoms with E-state index in [0.29, 0.717) is 30.3 Å². The molecule has 35 heavy (non-hydrogen) atoms. The summed E-state index contributed by atoms with van der Waals surface area (Å²) < 4.78 is 11.0. The highest BCUT2D eigenvalue weighted by atomic mass is 32.1. The third-order valence-corrected chi connectivity index (χ3v) is 6.47. The molecule has 0 aliphatic carbocycles. The van der Waals surface area contributed by atoms with Gasteiger partial charge in [0.15, 0.2) is 16.6 Å². The molecule has 1 aromatic heterocycles. The van der Waals surface area contributed by atoms with Crippen LogP contribution in [0.5, 0.6) is 11.5 Å². The Bertz CT molecular complexity index is 1420. The van der Waals surface area contributed by atoms with Crippen LogP contribution in [0.15, 0.2) is 77.6 Å². The molecule has 0 radical (unpaired) electrons. The van der Waals surface area contributed by atoms with E-state index in [1.165, 1.54) is 5.56 Å². The van der Waals surface area contributed by atoms with Gasteiger partial charge in [-0.2, -0.15) is 0 Å². The molecular weight excluding hydrogens is 458 g/mol. The van der Waals surface area contributed by atoms with Crippen molar-refractivity contribution in [2.45, 2.75) is 26.4 Å². The van der Waals surface area contributed by atoms with Gasteiger partial charge in [-0.25, -0.2) is 0 Å². The largest absolute Gasteiger partial charge is 0.454 e. The fourth-order valence-corrected chi connectivity index (χ4v) is 4.45. The zero-order valence-electron chi connectivity index (χ0n) is 19.5. The first-order valence-corrected chi connectivity index (χ1v) is 12.0. The third kappa shape index (κ3) is 5.46. The summed E-state index contributed by atoms with van der Waals surface area (Å²) in [6.45, 7) is 3.88. The summed E-state index contributed by atoms with van der Waals surface area (Å²) in [4.78, 5) is 17.9. The molecule has 1 aliphatic rings. The van der Waals surface area contributed by atoms with Crippen molar-refractivity contribution in [2.24, 2.45) is 0 Å². The second kappa shape index (κ2) is 10.2. The average molecular weight is 486 g/mol. The average Bonchev–Trinajstić information content (AvgIpc) is 3.33. The number of aromatic nitrogens is 1. The summed E-state index contributed by atoms with van der Waals surface area (Å²) in [5.74, 6) is 1.47. The Labute approximate surface area is 209 Å². The number of H-pyrrole nitrogens is 1. The van der Waals surface area contributed by atoms with Crippen LogP contribution >= 0.6 is 12.2 Å². The molecular formula is C28H27N3O3S. The van der Waals surface area contributed by atoms with Crippen molar-refractivity contribution in [2.75, 3.05) is 13.3 Å². The normalized spacial score (nSPS) is 12.0. The van der Waals surface area contributed by atoms with Crippen LogP contribution in [0.3, 0.4) is 0 Å². The molecule has 6 nitrogen and oxygen atoms in total. The minimum absolute atomic E-state index is 0.107. The molecule has 1 aliphatic heterocycles. The molecule has 0 bridgehead atoms. The number of rotatable bonds is 7. The van der Waals surface area contributed by atoms with Gasteiger partial charge >= 0.3 is 0 Å². The van der Waals surface area contributed by atoms with Crippen LogP contribution in [-0.2, 0) is 19.5 Å². The fraction of sp³-hybridized carbons (Fsp3) is 0.214. The first-order chi connectivity index (χ1) is 17.0. The zero-order valence-corrected chi connectivity index (χ0v) is 20.4. The molecule has 0 fully saturated rings. The van der Waals surface area contributed by atoms with E-state index >= 15 is 0 Å². The van der Waals surface area contributed by atoms with Crippen LogP contribution in [-0.4, -0.2) is 28.3 Å². The van der Waals surface area contributed by atoms with E-state index in [2.05, 4.69) is 28.5 Å². The molecule has 3 aromatic carbocycles. The number of benzene rings is 3. The van der Waals surface area contributed by atoms with Gasteiger partial charge in [0.2, 0.25) is 6.79 Å². The summed E-state index contributed by atoms with van der Waals surface area (Å²) in [6, 6.07) is 24.1. The monoisotopic (exact) mass is 485 g/mol. The number of nitrogens with one attached hydrogen (secondary N) is 2. The number of aryl methyl sites for hydroxylation is 1. The van der Waals surface area contributed by atoms with Gasteiger partial charge in [0.1, 0.15) is 0 Å². The number of aromatic amines is 1. The van der Waals surface area contributed by atoms with Crippen molar-refractivity contribution in [3.05, 3.63) is 105 Å². The van der Waals surface area contributed by atoms with Crippen molar-refractivity contribution in [1.82, 2.24) is 15.2 Å². The maximum absolute atomic E-state index is 12.9. The van der Waals surface area contributed by atoms with Crippen LogP contribution < -0.4 is 20.3 Å². The van der Waals surface area contributed by atoms with Crippen LogP contribution in [0.4, 0.5) is 0 Å². The minimum Gasteiger partial charge on any atom is -0.454 e. The van der Waals surface area contributed by atoms with Gasteiger partial charge in [-0.15, -0.1) is 0 Å². The van der Waals surface area contributed by atoms with Crippen molar-refractivity contribution in [3.8, 4) is 11.5 Å². The topological polar surface area (TPSA) is 66.6 Å². The smallest absolute Gasteiger partial charge is 0.253 e. The molecule has 0 spiro atoms. The van der Waals surface area contributed by atoms with E-state index in [-0.39, 0.29) is 12.4 Å². The molecule has 0 saturated carbocycles. The first kappa shape index (κ1) is 22.9. The molecule has 0 unspecified atom stereocenters. The van der Waals surface area contributed by atoms with Gasteiger partial charge < -0.3 is 24.7 Å². The van der Waals surface area contributed by atoms with Crippen LogP contribution in [0, 0.1) is 6.92 Å². The second-order valence-corrected chi connectivity index (χ2v) is 9.11. The van der Waals surface area contributed by atoms with Gasteiger partial charge in [0, 0.05) is 24.2 Å². The van der Waals surface area contributed by atoms with E-state index in [9.17, 15) is 4.79 Å². The SMILES string of the molecule is Cc1ccc2[nH]c(=O)c(CN(Cc3ccc4c(c3)OCO4)C(=S)NCCc3ccccc3)cc2c1. The van der Waals surface area contributed by atoms with Crippen molar-refractivity contribution in [3.63, 3.8) is 0 Å². The van der Waals surface area contributed by atoms with E-state index in [1.807, 2.05) is 66.4 Å². The number of thiocarbonyl (C=S) groups is 1. The number of nitrogens with zero attached hydrogens (tertiary/aromatic N) is 1. The number of ether oxygens (including phenoxy) is 2. The molecule has 2 heterocycles. The van der Waals surface area contributed by atoms with Crippen LogP contribution in [0.25, 0.3) is 10.9 Å². The quantitative estimate of drug-likeness (QED) is 0.371. The maximum atomic E-state index is 12.9. The van der Waals surface area contributed by atoms with Crippen LogP contribution in [0.2, 0.25) is 0 Å². The highest BCUT2D eigenvalue weighted by molar-refractivity contribution is 7.80. The number of fused-ring (bicyclic) bond motifs is 2. The summed E-state index contributed by atoms with van der Waals surface area (Å²) in [7, 11) is 0. The lowest BCUT2D eigenvalue weighted by Crippen LogP contribution is -2.40. The van der Waals surface area contributed by atoms with Crippen LogP contribution in [0.1, 0.15) is 22.3 Å². The van der Waals surface area contributed by atoms with Gasteiger partial charge in [0.25, 0.3) is 5.56 Å². The Kier molecular flexibility index (Phi) is 6.68. The third-order valence-electron chi connectivity index (χ3n) is 6.07. The van der Waals surface area contributed by atoms with Crippen molar-refractivity contribution in [1.29, 1.82) is 0 Å². The lowest BCUT2D eigenvalue weighted by Gasteiger charge is -2.26. The molecule has 178 valence electrons. The Morgan fingerprint density at radius 2 is 1.80 bits per heavy atom. The maximum Gasteiger partial charge on any atom is 0.253 e. The van der Waals surface area contributed by atoms with E-state index in [0.717, 1.165) is 39.9 Å². The summed E-state index contributed by atoms with van der Waals surface area (Å²) >= 11 is 5.80. The Morgan fingerprint density at radius 1 is 0.971 bits per heavy atom. The van der Waals surface area contributed by atoms with E-state index in [1.54, 1.807) is 0 Å². The van der Waals surface area contributed by atoms with Gasteiger partial charge in [-0.3, -0.25) is 4.79 Å². The highest BCUT2D eigenvalue weighted by Crippen LogP contribution is 2.33. The van der Waals surface area contributed by atoms with Crippen molar-refractivity contribution < 1.29 is 9.47 Å². The van der Waals surface area contributed by atoms with Gasteiger partial charge in [-0.1, -0.05) is 48.0 Å². The summed E-state index contributed by atoms with van der Waals surface area (Å²) in [6.07, 6.45) is 0.856. The molecule has 5 rings (SSSR count). The minimum atomic E-state index is -0.107. The lowest BCUT2D eigenvalue weighted by molar-refractivity contribution is 0.174. The molecule has 2 N–H and O–H groups in total. The number of pyridine rings is 1. The van der Waals surface area contributed by atoms with E-state index in [4.69, 9.17) is 21.7 Å². The predicted octanol–water partition coefficient (Wildman–Crippen LogP) is 4.68. The Hall–Kier alpha value is -3.84. The van der Waals surface area contributed by atoms with E-state index < -0.39 is 0 Å². The summed E-state index contributed by atoms with van der Waals surface area (Å²) in [5.41, 5.74) is 4.79. The molecule has 4 aromatic rings. The standard InChI is InChI=1S/C28H27N3O3S/c1-19-7-9-24-22(13-19)15-23(27(32)30-24)17-31(16-21-8-10-25-26(14-21)34-18-33-25)28(35)29-12-11-20-5-3-2-4-6-20/h2-10,13-15H,11-12,16-18H2,1H3,(H,29,35)(H,30,32). The summed E-state index contributed by atoms with van der Waals surface area (Å²) in [5, 5.41) is 4.98. The number of hydrogen-bond acceptors (Lipinski definition) is 4. The Morgan fingerprint density at radius 3 is 2.66 bits per heavy atom. The second-order valence-electron chi connectivity index (χ2n) is 8.73. The first-order valence-electron chi connectivity index (χ1n) is 11.6. The fourth-order valence-electron chi connectivity index (χ4n) is 4.22. The number of hydrogen-bond donors (Lipinski definition) is 2. The highest BCUT2D eigenvalue weighted by Gasteiger charge is 2.17. The predicted molar refractivity (Wildman–Crippen MR) is 142 cm³/mol. The van der Waals surface area contributed by atoms with Crippen molar-refractivity contribution >= 4 is 28.2 Å². The van der Waals surface area contributed by atoms with Gasteiger partial charge in [-0.05, 0) is 72.4 Å². The molecule has 0 saturated heterocycles. The molecule has 0 atom stereocenters.